The molecule has 0 aliphatic carbocycles. The van der Waals surface area contributed by atoms with Crippen LogP contribution in [0.5, 0.6) is 0 Å². The van der Waals surface area contributed by atoms with Gasteiger partial charge in [0.05, 0.1) is 5.75 Å². The molecule has 0 atom stereocenters. The Bertz CT molecular complexity index is 387. The van der Waals surface area contributed by atoms with Crippen molar-refractivity contribution in [2.45, 2.75) is 5.16 Å². The van der Waals surface area contributed by atoms with E-state index in [1.165, 1.54) is 23.6 Å². The van der Waals surface area contributed by atoms with E-state index in [4.69, 9.17) is 11.3 Å². The highest BCUT2D eigenvalue weighted by Crippen LogP contribution is 2.10. The van der Waals surface area contributed by atoms with Crippen LogP contribution in [0.4, 0.5) is 0 Å². The van der Waals surface area contributed by atoms with Crippen molar-refractivity contribution in [2.24, 2.45) is 7.05 Å². The summed E-state index contributed by atoms with van der Waals surface area (Å²) in [4.78, 5) is 16.1. The first kappa shape index (κ1) is 9.74. The van der Waals surface area contributed by atoms with Crippen molar-refractivity contribution in [3.63, 3.8) is 0 Å². The Kier molecular flexibility index (Phi) is 3.03. The van der Waals surface area contributed by atoms with Crippen molar-refractivity contribution in [3.8, 4) is 12.3 Å². The average Bonchev–Trinajstić information content (AvgIpc) is 2.39. The van der Waals surface area contributed by atoms with Crippen LogP contribution in [0.15, 0.2) is 9.95 Å². The molecule has 13 heavy (non-hydrogen) atoms. The number of aryl methyl sites for hydroxylation is 1. The maximum atomic E-state index is 11.3. The Morgan fingerprint density at radius 2 is 2.46 bits per heavy atom. The SMILES string of the molecule is C#CCSc1nn(C)c(=O)n1OC. The van der Waals surface area contributed by atoms with E-state index >= 15 is 0 Å². The second-order valence-corrected chi connectivity index (χ2v) is 3.10. The quantitative estimate of drug-likeness (QED) is 0.480. The molecule has 0 saturated heterocycles. The molecule has 0 radical (unpaired) electrons. The van der Waals surface area contributed by atoms with Crippen LogP contribution in [0.1, 0.15) is 0 Å². The Morgan fingerprint density at radius 3 is 3.00 bits per heavy atom. The number of hydrogen-bond donors (Lipinski definition) is 0. The van der Waals surface area contributed by atoms with Crippen LogP contribution < -0.4 is 10.5 Å². The van der Waals surface area contributed by atoms with Crippen LogP contribution in [0.2, 0.25) is 0 Å². The van der Waals surface area contributed by atoms with Crippen LogP contribution in [0.25, 0.3) is 0 Å². The van der Waals surface area contributed by atoms with Crippen LogP contribution in [0.3, 0.4) is 0 Å². The van der Waals surface area contributed by atoms with Crippen molar-refractivity contribution in [2.75, 3.05) is 12.9 Å². The fourth-order valence-electron chi connectivity index (χ4n) is 0.775. The van der Waals surface area contributed by atoms with E-state index in [1.54, 1.807) is 7.05 Å². The Hall–Kier alpha value is -1.35. The van der Waals surface area contributed by atoms with E-state index in [9.17, 15) is 4.79 Å². The summed E-state index contributed by atoms with van der Waals surface area (Å²) >= 11 is 1.28. The predicted octanol–water partition coefficient (Wildman–Crippen LogP) is -0.635. The van der Waals surface area contributed by atoms with Crippen LogP contribution in [-0.2, 0) is 7.05 Å². The lowest BCUT2D eigenvalue weighted by Gasteiger charge is -1.98. The smallest absolute Gasteiger partial charge is 0.379 e. The van der Waals surface area contributed by atoms with Gasteiger partial charge in [-0.25, -0.2) is 9.48 Å². The predicted molar refractivity (Wildman–Crippen MR) is 49.5 cm³/mol. The Balaban J connectivity index is 3.01. The summed E-state index contributed by atoms with van der Waals surface area (Å²) in [6.45, 7) is 0. The molecule has 0 spiro atoms. The van der Waals surface area contributed by atoms with Gasteiger partial charge in [0.25, 0.3) is 0 Å². The van der Waals surface area contributed by atoms with Crippen molar-refractivity contribution in [1.82, 2.24) is 14.5 Å². The first-order chi connectivity index (χ1) is 6.20. The second-order valence-electron chi connectivity index (χ2n) is 2.16. The fourth-order valence-corrected chi connectivity index (χ4v) is 1.44. The first-order valence-corrected chi connectivity index (χ1v) is 4.46. The largest absolute Gasteiger partial charge is 0.410 e. The summed E-state index contributed by atoms with van der Waals surface area (Å²) in [5.41, 5.74) is -0.318. The summed E-state index contributed by atoms with van der Waals surface area (Å²) in [6, 6.07) is 0. The minimum atomic E-state index is -0.318. The second kappa shape index (κ2) is 4.05. The molecule has 5 nitrogen and oxygen atoms in total. The molecule has 0 N–H and O–H groups in total. The number of nitrogens with zero attached hydrogens (tertiary/aromatic N) is 3. The van der Waals surface area contributed by atoms with Gasteiger partial charge in [-0.3, -0.25) is 0 Å². The lowest BCUT2D eigenvalue weighted by molar-refractivity contribution is 0.134. The van der Waals surface area contributed by atoms with E-state index in [2.05, 4.69) is 11.0 Å². The fraction of sp³-hybridized carbons (Fsp3) is 0.429. The highest BCUT2D eigenvalue weighted by atomic mass is 32.2. The number of thioether (sulfide) groups is 1. The van der Waals surface area contributed by atoms with Crippen LogP contribution in [-0.4, -0.2) is 27.4 Å². The number of terminal acetylenes is 1. The minimum Gasteiger partial charge on any atom is -0.410 e. The normalized spacial score (nSPS) is 9.62. The zero-order valence-electron chi connectivity index (χ0n) is 7.35. The van der Waals surface area contributed by atoms with E-state index in [-0.39, 0.29) is 5.69 Å². The van der Waals surface area contributed by atoms with Gasteiger partial charge in [0.1, 0.15) is 7.11 Å². The standard InChI is InChI=1S/C7H9N3O2S/c1-4-5-13-6-8-9(2)7(11)10(6)12-3/h1H,5H2,2-3H3. The zero-order chi connectivity index (χ0) is 9.84. The maximum Gasteiger partial charge on any atom is 0.379 e. The number of rotatable bonds is 3. The lowest BCUT2D eigenvalue weighted by Crippen LogP contribution is -2.26. The summed E-state index contributed by atoms with van der Waals surface area (Å²) in [6.07, 6.45) is 5.08. The summed E-state index contributed by atoms with van der Waals surface area (Å²) in [5.74, 6) is 2.90. The highest BCUT2D eigenvalue weighted by Gasteiger charge is 2.10. The van der Waals surface area contributed by atoms with Gasteiger partial charge in [-0.15, -0.1) is 16.3 Å². The van der Waals surface area contributed by atoms with Gasteiger partial charge in [0.2, 0.25) is 5.16 Å². The van der Waals surface area contributed by atoms with Gasteiger partial charge in [-0.05, 0) is 0 Å². The Morgan fingerprint density at radius 1 is 1.77 bits per heavy atom. The van der Waals surface area contributed by atoms with Crippen LogP contribution in [0, 0.1) is 12.3 Å². The minimum absolute atomic E-state index is 0.318. The van der Waals surface area contributed by atoms with Gasteiger partial charge < -0.3 is 4.84 Å². The molecule has 0 aromatic carbocycles. The molecule has 1 rings (SSSR count). The monoisotopic (exact) mass is 199 g/mol. The van der Waals surface area contributed by atoms with Gasteiger partial charge in [-0.2, -0.15) is 0 Å². The van der Waals surface area contributed by atoms with Crippen molar-refractivity contribution in [1.29, 1.82) is 0 Å². The molecule has 1 aromatic rings. The molecule has 0 aliphatic heterocycles. The maximum absolute atomic E-state index is 11.3. The molecule has 0 bridgehead atoms. The van der Waals surface area contributed by atoms with Gasteiger partial charge in [0, 0.05) is 7.05 Å². The van der Waals surface area contributed by atoms with Crippen molar-refractivity contribution in [3.05, 3.63) is 10.5 Å². The molecule has 1 heterocycles. The van der Waals surface area contributed by atoms with Gasteiger partial charge in [0.15, 0.2) is 0 Å². The molecular formula is C7H9N3O2S. The molecule has 1 aromatic heterocycles. The molecule has 0 saturated carbocycles. The van der Waals surface area contributed by atoms with E-state index in [0.29, 0.717) is 10.9 Å². The topological polar surface area (TPSA) is 49.0 Å². The van der Waals surface area contributed by atoms with E-state index < -0.39 is 0 Å². The van der Waals surface area contributed by atoms with E-state index in [1.807, 2.05) is 0 Å². The van der Waals surface area contributed by atoms with Crippen LogP contribution >= 0.6 is 11.8 Å². The van der Waals surface area contributed by atoms with Gasteiger partial charge in [-0.1, -0.05) is 17.7 Å². The van der Waals surface area contributed by atoms with E-state index in [0.717, 1.165) is 4.73 Å². The molecule has 70 valence electrons. The molecule has 0 fully saturated rings. The molecule has 0 unspecified atom stereocenters. The Labute approximate surface area is 79.6 Å². The van der Waals surface area contributed by atoms with Crippen molar-refractivity contribution >= 4 is 11.8 Å². The zero-order valence-corrected chi connectivity index (χ0v) is 8.17. The summed E-state index contributed by atoms with van der Waals surface area (Å²) < 4.78 is 2.30. The lowest BCUT2D eigenvalue weighted by atomic mass is 10.8. The van der Waals surface area contributed by atoms with Crippen molar-refractivity contribution < 1.29 is 4.84 Å². The molecule has 6 heteroatoms. The summed E-state index contributed by atoms with van der Waals surface area (Å²) in [5, 5.41) is 4.39. The summed E-state index contributed by atoms with van der Waals surface area (Å²) in [7, 11) is 2.96. The average molecular weight is 199 g/mol. The highest BCUT2D eigenvalue weighted by molar-refractivity contribution is 7.99. The molecule has 0 amide bonds. The third-order valence-corrected chi connectivity index (χ3v) is 2.14. The van der Waals surface area contributed by atoms with Gasteiger partial charge >= 0.3 is 5.69 Å². The number of aromatic nitrogens is 3. The number of hydrogen-bond acceptors (Lipinski definition) is 4. The third-order valence-electron chi connectivity index (χ3n) is 1.33. The molecular weight excluding hydrogens is 190 g/mol. The molecule has 0 aliphatic rings. The first-order valence-electron chi connectivity index (χ1n) is 3.47. The third kappa shape index (κ3) is 1.87.